The van der Waals surface area contributed by atoms with Gasteiger partial charge in [-0.25, -0.2) is 0 Å². The lowest BCUT2D eigenvalue weighted by Crippen LogP contribution is -2.11. The van der Waals surface area contributed by atoms with Gasteiger partial charge in [0.2, 0.25) is 0 Å². The summed E-state index contributed by atoms with van der Waals surface area (Å²) in [5.74, 6) is 0. The van der Waals surface area contributed by atoms with Gasteiger partial charge in [0.15, 0.2) is 0 Å². The lowest BCUT2D eigenvalue weighted by atomic mass is 9.93. The van der Waals surface area contributed by atoms with Gasteiger partial charge >= 0.3 is 0 Å². The fourth-order valence-corrected chi connectivity index (χ4v) is 8.19. The smallest absolute Gasteiger partial charge is 0.0540 e. The summed E-state index contributed by atoms with van der Waals surface area (Å²) in [5, 5.41) is 7.55. The number of rotatable bonds is 7. The molecule has 0 amide bonds. The summed E-state index contributed by atoms with van der Waals surface area (Å²) in [6.07, 6.45) is 0. The van der Waals surface area contributed by atoms with Gasteiger partial charge in [-0.05, 0) is 114 Å². The van der Waals surface area contributed by atoms with Crippen LogP contribution in [0, 0.1) is 0 Å². The van der Waals surface area contributed by atoms with Crippen LogP contribution < -0.4 is 4.90 Å². The van der Waals surface area contributed by atoms with E-state index in [0.717, 1.165) is 17.1 Å². The van der Waals surface area contributed by atoms with Gasteiger partial charge in [-0.1, -0.05) is 182 Å². The third kappa shape index (κ3) is 6.02. The molecule has 0 fully saturated rings. The van der Waals surface area contributed by atoms with E-state index in [-0.39, 0.29) is 0 Å². The Hall–Kier alpha value is -7.22. The first-order valence-corrected chi connectivity index (χ1v) is 18.9. The van der Waals surface area contributed by atoms with Gasteiger partial charge in [-0.15, -0.1) is 0 Å². The molecule has 258 valence electrons. The lowest BCUT2D eigenvalue weighted by Gasteiger charge is -2.29. The van der Waals surface area contributed by atoms with Crippen LogP contribution in [0.1, 0.15) is 0 Å². The number of hydrogen-bond acceptors (Lipinski definition) is 1. The molecule has 0 atom stereocenters. The van der Waals surface area contributed by atoms with Gasteiger partial charge in [-0.3, -0.25) is 0 Å². The maximum absolute atomic E-state index is 2.42. The Morgan fingerprint density at radius 2 is 0.800 bits per heavy atom. The Morgan fingerprint density at radius 3 is 1.58 bits per heavy atom. The highest BCUT2D eigenvalue weighted by Gasteiger charge is 2.20. The van der Waals surface area contributed by atoms with E-state index in [9.17, 15) is 0 Å². The van der Waals surface area contributed by atoms with Crippen LogP contribution in [0.4, 0.5) is 17.1 Å². The van der Waals surface area contributed by atoms with Crippen LogP contribution in [0.3, 0.4) is 0 Å². The summed E-state index contributed by atoms with van der Waals surface area (Å²) in [7, 11) is 0. The number of nitrogens with zero attached hydrogens (tertiary/aromatic N) is 1. The largest absolute Gasteiger partial charge is 0.310 e. The minimum absolute atomic E-state index is 1.09. The van der Waals surface area contributed by atoms with Crippen LogP contribution in [-0.4, -0.2) is 0 Å². The minimum atomic E-state index is 1.09. The van der Waals surface area contributed by atoms with E-state index in [1.54, 1.807) is 0 Å². The maximum atomic E-state index is 2.42. The van der Waals surface area contributed by atoms with Crippen molar-refractivity contribution in [3.63, 3.8) is 0 Å². The van der Waals surface area contributed by atoms with E-state index in [1.165, 1.54) is 76.8 Å². The fourth-order valence-electron chi connectivity index (χ4n) is 8.19. The molecular formula is C54H37N. The minimum Gasteiger partial charge on any atom is -0.310 e. The predicted octanol–water partition coefficient (Wildman–Crippen LogP) is 15.3. The second-order valence-electron chi connectivity index (χ2n) is 14.1. The summed E-state index contributed by atoms with van der Waals surface area (Å²) >= 11 is 0. The summed E-state index contributed by atoms with van der Waals surface area (Å²) in [6.45, 7) is 0. The summed E-state index contributed by atoms with van der Waals surface area (Å²) in [5.41, 5.74) is 12.9. The molecule has 55 heavy (non-hydrogen) atoms. The quantitative estimate of drug-likeness (QED) is 0.150. The van der Waals surface area contributed by atoms with Gasteiger partial charge in [-0.2, -0.15) is 0 Å². The van der Waals surface area contributed by atoms with Crippen molar-refractivity contribution in [1.82, 2.24) is 0 Å². The highest BCUT2D eigenvalue weighted by molar-refractivity contribution is 6.13. The van der Waals surface area contributed by atoms with Crippen molar-refractivity contribution in [2.75, 3.05) is 4.90 Å². The predicted molar refractivity (Wildman–Crippen MR) is 235 cm³/mol. The van der Waals surface area contributed by atoms with Crippen LogP contribution >= 0.6 is 0 Å². The fraction of sp³-hybridized carbons (Fsp3) is 0. The van der Waals surface area contributed by atoms with Crippen molar-refractivity contribution in [2.24, 2.45) is 0 Å². The second kappa shape index (κ2) is 14.0. The molecule has 1 nitrogen and oxygen atoms in total. The van der Waals surface area contributed by atoms with E-state index < -0.39 is 0 Å². The molecule has 0 aliphatic heterocycles. The zero-order chi connectivity index (χ0) is 36.6. The summed E-state index contributed by atoms with van der Waals surface area (Å²) in [6, 6.07) is 81.5. The van der Waals surface area contributed by atoms with E-state index in [2.05, 4.69) is 229 Å². The molecule has 0 heterocycles. The number of anilines is 3. The summed E-state index contributed by atoms with van der Waals surface area (Å²) < 4.78 is 0. The molecule has 0 saturated carbocycles. The van der Waals surface area contributed by atoms with Crippen LogP contribution in [0.25, 0.3) is 76.8 Å². The Labute approximate surface area is 322 Å². The van der Waals surface area contributed by atoms with E-state index in [1.807, 2.05) is 0 Å². The normalized spacial score (nSPS) is 11.3. The second-order valence-corrected chi connectivity index (χ2v) is 14.1. The third-order valence-electron chi connectivity index (χ3n) is 10.8. The molecular weight excluding hydrogens is 663 g/mol. The monoisotopic (exact) mass is 699 g/mol. The van der Waals surface area contributed by atoms with Crippen LogP contribution in [-0.2, 0) is 0 Å². The molecule has 0 aliphatic rings. The first-order chi connectivity index (χ1) is 27.3. The van der Waals surface area contributed by atoms with Crippen LogP contribution in [0.2, 0.25) is 0 Å². The third-order valence-corrected chi connectivity index (χ3v) is 10.8. The van der Waals surface area contributed by atoms with Gasteiger partial charge in [0, 0.05) is 16.9 Å². The van der Waals surface area contributed by atoms with Crippen LogP contribution in [0.5, 0.6) is 0 Å². The number of fused-ring (bicyclic) bond motifs is 4. The Kier molecular flexibility index (Phi) is 8.24. The van der Waals surface area contributed by atoms with Crippen molar-refractivity contribution < 1.29 is 0 Å². The van der Waals surface area contributed by atoms with E-state index in [4.69, 9.17) is 0 Å². The van der Waals surface area contributed by atoms with E-state index in [0.29, 0.717) is 0 Å². The molecule has 0 bridgehead atoms. The SMILES string of the molecule is c1ccc(-c2ccc(N(c3ccc(-c4cc5ccccc5c5ccccc45)cc3)c3cccc(-c4cccc5ccccc45)c3)c(-c3ccccc3)c2)cc1. The molecule has 0 radical (unpaired) electrons. The number of benzene rings is 10. The zero-order valence-corrected chi connectivity index (χ0v) is 30.3. The first kappa shape index (κ1) is 32.4. The first-order valence-electron chi connectivity index (χ1n) is 18.9. The van der Waals surface area contributed by atoms with Crippen molar-refractivity contribution >= 4 is 49.4 Å². The van der Waals surface area contributed by atoms with Gasteiger partial charge in [0.1, 0.15) is 0 Å². The van der Waals surface area contributed by atoms with Gasteiger partial charge in [0.25, 0.3) is 0 Å². The molecule has 0 spiro atoms. The Morgan fingerprint density at radius 1 is 0.236 bits per heavy atom. The van der Waals surface area contributed by atoms with Crippen molar-refractivity contribution in [2.45, 2.75) is 0 Å². The highest BCUT2D eigenvalue weighted by Crippen LogP contribution is 2.45. The average molecular weight is 700 g/mol. The lowest BCUT2D eigenvalue weighted by molar-refractivity contribution is 1.28. The molecule has 1 heteroatoms. The molecule has 0 aliphatic carbocycles. The highest BCUT2D eigenvalue weighted by atomic mass is 15.1. The molecule has 0 aromatic heterocycles. The summed E-state index contributed by atoms with van der Waals surface area (Å²) in [4.78, 5) is 2.42. The molecule has 0 saturated heterocycles. The average Bonchev–Trinajstić information content (AvgIpc) is 3.27. The maximum Gasteiger partial charge on any atom is 0.0540 e. The molecule has 10 aromatic rings. The molecule has 10 aromatic carbocycles. The topological polar surface area (TPSA) is 3.24 Å². The van der Waals surface area contributed by atoms with Crippen molar-refractivity contribution in [1.29, 1.82) is 0 Å². The molecule has 0 unspecified atom stereocenters. The van der Waals surface area contributed by atoms with Crippen molar-refractivity contribution in [3.05, 3.63) is 224 Å². The van der Waals surface area contributed by atoms with Gasteiger partial charge in [0.05, 0.1) is 5.69 Å². The van der Waals surface area contributed by atoms with Gasteiger partial charge < -0.3 is 4.90 Å². The Bertz CT molecular complexity index is 2960. The molecule has 0 N–H and O–H groups in total. The standard InChI is InChI=1S/C54H37N/c1-3-15-38(16-4-1)42-31-34-54(53(36-42)40-17-5-2-6-18-40)55(46-23-13-22-43(35-46)48-28-14-21-39-19-7-9-24-47(39)48)45-32-29-41(30-33-45)52-37-44-20-8-10-25-49(44)50-26-11-12-27-51(50)52/h1-37H. The van der Waals surface area contributed by atoms with Crippen molar-refractivity contribution in [3.8, 4) is 44.5 Å². The number of hydrogen-bond donors (Lipinski definition) is 0. The Balaban J connectivity index is 1.17. The van der Waals surface area contributed by atoms with E-state index >= 15 is 0 Å². The zero-order valence-electron chi connectivity index (χ0n) is 30.3. The molecule has 10 rings (SSSR count). The van der Waals surface area contributed by atoms with Crippen LogP contribution in [0.15, 0.2) is 224 Å².